The number of amides is 1. The van der Waals surface area contributed by atoms with Crippen LogP contribution >= 0.6 is 0 Å². The molecule has 2 aromatic rings. The van der Waals surface area contributed by atoms with Gasteiger partial charge in [0.25, 0.3) is 5.91 Å². The lowest BCUT2D eigenvalue weighted by atomic mass is 10.1. The van der Waals surface area contributed by atoms with Crippen molar-refractivity contribution in [2.75, 3.05) is 24.5 Å². The summed E-state index contributed by atoms with van der Waals surface area (Å²) in [6, 6.07) is 9.95. The maximum atomic E-state index is 13.0. The number of carbonyl (C=O) groups is 1. The number of hydrogen-bond donors (Lipinski definition) is 1. The lowest BCUT2D eigenvalue weighted by molar-refractivity contribution is 0.0746. The number of piperidine rings is 1. The molecule has 0 atom stereocenters. The molecule has 1 aromatic carbocycles. The largest absolute Gasteiger partial charge is 0.390 e. The smallest absolute Gasteiger partial charge is 0.254 e. The first-order valence-electron chi connectivity index (χ1n) is 9.55. The zero-order chi connectivity index (χ0) is 17.9. The molecule has 0 unspecified atom stereocenters. The van der Waals surface area contributed by atoms with Gasteiger partial charge in [0, 0.05) is 37.4 Å². The number of benzene rings is 1. The SMILES string of the molecule is O=C(c1ccc(N2CCCCC2)cc1)N1CCCn2nc(CO)cc2C1. The fraction of sp³-hybridized carbons (Fsp3) is 0.500. The zero-order valence-corrected chi connectivity index (χ0v) is 15.1. The molecular formula is C20H26N4O2. The van der Waals surface area contributed by atoms with E-state index in [9.17, 15) is 9.90 Å². The minimum Gasteiger partial charge on any atom is -0.390 e. The summed E-state index contributed by atoms with van der Waals surface area (Å²) in [5.74, 6) is 0.0652. The monoisotopic (exact) mass is 354 g/mol. The van der Waals surface area contributed by atoms with E-state index in [0.717, 1.165) is 43.9 Å². The lowest BCUT2D eigenvalue weighted by Gasteiger charge is -2.29. The van der Waals surface area contributed by atoms with Crippen molar-refractivity contribution in [2.45, 2.75) is 45.4 Å². The number of carbonyl (C=O) groups excluding carboxylic acids is 1. The molecule has 6 nitrogen and oxygen atoms in total. The molecule has 1 N–H and O–H groups in total. The average Bonchev–Trinajstić information content (AvgIpc) is 2.99. The Balaban J connectivity index is 1.48. The molecule has 0 aliphatic carbocycles. The Bertz CT molecular complexity index is 763. The molecule has 2 aliphatic rings. The van der Waals surface area contributed by atoms with E-state index in [-0.39, 0.29) is 12.5 Å². The van der Waals surface area contributed by atoms with E-state index in [1.165, 1.54) is 24.9 Å². The van der Waals surface area contributed by atoms with Gasteiger partial charge in [-0.2, -0.15) is 5.10 Å². The number of aryl methyl sites for hydroxylation is 1. The van der Waals surface area contributed by atoms with Crippen LogP contribution in [0.25, 0.3) is 0 Å². The van der Waals surface area contributed by atoms with Crippen LogP contribution in [-0.2, 0) is 19.7 Å². The van der Waals surface area contributed by atoms with Crippen LogP contribution in [0.15, 0.2) is 30.3 Å². The zero-order valence-electron chi connectivity index (χ0n) is 15.1. The Labute approximate surface area is 154 Å². The Morgan fingerprint density at radius 1 is 1.00 bits per heavy atom. The van der Waals surface area contributed by atoms with E-state index in [1.807, 2.05) is 27.8 Å². The minimum absolute atomic E-state index is 0.0636. The molecule has 2 aliphatic heterocycles. The maximum Gasteiger partial charge on any atom is 0.254 e. The molecule has 1 saturated heterocycles. The standard InChI is InChI=1S/C20H26N4O2/c25-15-17-13-19-14-23(11-4-12-24(19)21-17)20(26)16-5-7-18(8-6-16)22-9-2-1-3-10-22/h5-8,13,25H,1-4,9-12,14-15H2. The maximum absolute atomic E-state index is 13.0. The molecule has 4 rings (SSSR count). The Morgan fingerprint density at radius 2 is 1.77 bits per heavy atom. The van der Waals surface area contributed by atoms with Gasteiger partial charge in [-0.15, -0.1) is 0 Å². The Hall–Kier alpha value is -2.34. The van der Waals surface area contributed by atoms with Crippen LogP contribution in [-0.4, -0.2) is 45.3 Å². The number of aromatic nitrogens is 2. The number of fused-ring (bicyclic) bond motifs is 1. The molecular weight excluding hydrogens is 328 g/mol. The number of nitrogens with zero attached hydrogens (tertiary/aromatic N) is 4. The van der Waals surface area contributed by atoms with E-state index in [0.29, 0.717) is 12.2 Å². The van der Waals surface area contributed by atoms with Crippen molar-refractivity contribution in [3.63, 3.8) is 0 Å². The third-order valence-corrected chi connectivity index (χ3v) is 5.35. The van der Waals surface area contributed by atoms with Gasteiger partial charge in [0.15, 0.2) is 0 Å². The van der Waals surface area contributed by atoms with Gasteiger partial charge in [-0.3, -0.25) is 9.48 Å². The van der Waals surface area contributed by atoms with Gasteiger partial charge >= 0.3 is 0 Å². The summed E-state index contributed by atoms with van der Waals surface area (Å²) in [6.07, 6.45) is 4.68. The first-order valence-corrected chi connectivity index (χ1v) is 9.55. The van der Waals surface area contributed by atoms with Crippen LogP contribution in [0.4, 0.5) is 5.69 Å². The van der Waals surface area contributed by atoms with Crippen LogP contribution in [0, 0.1) is 0 Å². The Morgan fingerprint density at radius 3 is 2.50 bits per heavy atom. The highest BCUT2D eigenvalue weighted by molar-refractivity contribution is 5.94. The predicted octanol–water partition coefficient (Wildman–Crippen LogP) is 2.41. The van der Waals surface area contributed by atoms with Crippen LogP contribution in [0.2, 0.25) is 0 Å². The van der Waals surface area contributed by atoms with Crippen molar-refractivity contribution in [1.82, 2.24) is 14.7 Å². The normalized spacial score (nSPS) is 17.7. The lowest BCUT2D eigenvalue weighted by Crippen LogP contribution is -2.31. The first kappa shape index (κ1) is 17.1. The molecule has 0 saturated carbocycles. The van der Waals surface area contributed by atoms with E-state index in [1.54, 1.807) is 0 Å². The molecule has 1 fully saturated rings. The molecule has 0 radical (unpaired) electrons. The van der Waals surface area contributed by atoms with Gasteiger partial charge in [-0.1, -0.05) is 0 Å². The highest BCUT2D eigenvalue weighted by atomic mass is 16.3. The summed E-state index contributed by atoms with van der Waals surface area (Å²) in [7, 11) is 0. The third kappa shape index (κ3) is 3.46. The van der Waals surface area contributed by atoms with Gasteiger partial charge in [-0.25, -0.2) is 0 Å². The average molecular weight is 354 g/mol. The molecule has 26 heavy (non-hydrogen) atoms. The van der Waals surface area contributed by atoms with Gasteiger partial charge in [0.2, 0.25) is 0 Å². The van der Waals surface area contributed by atoms with Crippen molar-refractivity contribution in [2.24, 2.45) is 0 Å². The molecule has 3 heterocycles. The number of hydrogen-bond acceptors (Lipinski definition) is 4. The Kier molecular flexibility index (Phi) is 4.93. The first-order chi connectivity index (χ1) is 12.7. The van der Waals surface area contributed by atoms with Gasteiger partial charge in [-0.05, 0) is 56.0 Å². The second-order valence-electron chi connectivity index (χ2n) is 7.18. The predicted molar refractivity (Wildman–Crippen MR) is 100 cm³/mol. The van der Waals surface area contributed by atoms with Gasteiger partial charge < -0.3 is 14.9 Å². The topological polar surface area (TPSA) is 61.6 Å². The van der Waals surface area contributed by atoms with E-state index < -0.39 is 0 Å². The van der Waals surface area contributed by atoms with E-state index in [2.05, 4.69) is 22.1 Å². The molecule has 1 aromatic heterocycles. The molecule has 6 heteroatoms. The summed E-state index contributed by atoms with van der Waals surface area (Å²) in [5.41, 5.74) is 3.61. The van der Waals surface area contributed by atoms with Crippen LogP contribution < -0.4 is 4.90 Å². The molecule has 0 spiro atoms. The van der Waals surface area contributed by atoms with Gasteiger partial charge in [0.1, 0.15) is 0 Å². The van der Waals surface area contributed by atoms with Crippen LogP contribution in [0.3, 0.4) is 0 Å². The summed E-state index contributed by atoms with van der Waals surface area (Å²) in [6.45, 7) is 4.20. The van der Waals surface area contributed by atoms with Gasteiger partial charge in [0.05, 0.1) is 24.5 Å². The quantitative estimate of drug-likeness (QED) is 0.919. The van der Waals surface area contributed by atoms with Crippen molar-refractivity contribution in [3.05, 3.63) is 47.3 Å². The van der Waals surface area contributed by atoms with Crippen LogP contribution in [0.1, 0.15) is 47.4 Å². The fourth-order valence-corrected chi connectivity index (χ4v) is 3.92. The summed E-state index contributed by atoms with van der Waals surface area (Å²) >= 11 is 0. The van der Waals surface area contributed by atoms with Crippen molar-refractivity contribution in [1.29, 1.82) is 0 Å². The van der Waals surface area contributed by atoms with Crippen molar-refractivity contribution < 1.29 is 9.90 Å². The summed E-state index contributed by atoms with van der Waals surface area (Å²) < 4.78 is 1.91. The molecule has 1 amide bonds. The minimum atomic E-state index is -0.0636. The number of aliphatic hydroxyl groups excluding tert-OH is 1. The third-order valence-electron chi connectivity index (χ3n) is 5.35. The second kappa shape index (κ2) is 7.50. The van der Waals surface area contributed by atoms with Crippen molar-refractivity contribution in [3.8, 4) is 0 Å². The summed E-state index contributed by atoms with van der Waals surface area (Å²) in [5, 5.41) is 13.7. The second-order valence-corrected chi connectivity index (χ2v) is 7.18. The molecule has 138 valence electrons. The highest BCUT2D eigenvalue weighted by Gasteiger charge is 2.22. The number of rotatable bonds is 3. The number of anilines is 1. The van der Waals surface area contributed by atoms with Crippen molar-refractivity contribution >= 4 is 11.6 Å². The number of aliphatic hydroxyl groups is 1. The fourth-order valence-electron chi connectivity index (χ4n) is 3.92. The summed E-state index contributed by atoms with van der Waals surface area (Å²) in [4.78, 5) is 17.2. The van der Waals surface area contributed by atoms with E-state index >= 15 is 0 Å². The molecule has 0 bridgehead atoms. The highest BCUT2D eigenvalue weighted by Crippen LogP contribution is 2.22. The van der Waals surface area contributed by atoms with E-state index in [4.69, 9.17) is 0 Å². The van der Waals surface area contributed by atoms with Crippen LogP contribution in [0.5, 0.6) is 0 Å².